The van der Waals surface area contributed by atoms with Crippen molar-refractivity contribution in [2.45, 2.75) is 0 Å². The molecule has 0 saturated carbocycles. The average molecular weight is 328 g/mol. The third-order valence-electron chi connectivity index (χ3n) is 3.86. The Balaban J connectivity index is 2.11. The van der Waals surface area contributed by atoms with Gasteiger partial charge in [0.1, 0.15) is 0 Å². The fourth-order valence-electron chi connectivity index (χ4n) is 2.85. The molecule has 0 unspecified atom stereocenters. The number of hydrogen-bond acceptors (Lipinski definition) is 6. The quantitative estimate of drug-likeness (QED) is 0.866. The third-order valence-corrected chi connectivity index (χ3v) is 3.86. The smallest absolute Gasteiger partial charge is 0.249 e. The van der Waals surface area contributed by atoms with Gasteiger partial charge in [-0.2, -0.15) is 0 Å². The molecule has 0 saturated heterocycles. The van der Waals surface area contributed by atoms with Crippen LogP contribution in [0.4, 0.5) is 0 Å². The first kappa shape index (κ1) is 14.2. The monoisotopic (exact) mass is 328 g/mol. The number of amides is 2. The van der Waals surface area contributed by atoms with Crippen molar-refractivity contribution in [2.24, 2.45) is 11.5 Å². The van der Waals surface area contributed by atoms with Gasteiger partial charge in [0.25, 0.3) is 0 Å². The maximum absolute atomic E-state index is 11.9. The number of fused-ring (bicyclic) bond motifs is 2. The molecule has 0 aliphatic carbocycles. The van der Waals surface area contributed by atoms with E-state index in [4.69, 9.17) is 30.4 Å². The molecule has 0 aromatic heterocycles. The molecule has 0 radical (unpaired) electrons. The van der Waals surface area contributed by atoms with Crippen LogP contribution in [-0.2, 0) is 0 Å². The molecule has 2 aromatic carbocycles. The van der Waals surface area contributed by atoms with Crippen LogP contribution in [0.1, 0.15) is 20.7 Å². The first-order valence-corrected chi connectivity index (χ1v) is 7.03. The fourth-order valence-corrected chi connectivity index (χ4v) is 2.85. The molecule has 0 bridgehead atoms. The normalized spacial score (nSPS) is 13.8. The van der Waals surface area contributed by atoms with Gasteiger partial charge in [0.2, 0.25) is 25.4 Å². The van der Waals surface area contributed by atoms with Crippen LogP contribution in [0.3, 0.4) is 0 Å². The van der Waals surface area contributed by atoms with E-state index in [-0.39, 0.29) is 24.7 Å². The highest BCUT2D eigenvalue weighted by molar-refractivity contribution is 6.09. The first-order valence-electron chi connectivity index (χ1n) is 7.03. The van der Waals surface area contributed by atoms with E-state index in [1.165, 1.54) is 12.1 Å². The van der Waals surface area contributed by atoms with Crippen molar-refractivity contribution < 1.29 is 28.5 Å². The molecule has 2 amide bonds. The summed E-state index contributed by atoms with van der Waals surface area (Å²) in [6, 6.07) is 6.17. The summed E-state index contributed by atoms with van der Waals surface area (Å²) < 4.78 is 21.7. The summed E-state index contributed by atoms with van der Waals surface area (Å²) >= 11 is 0. The van der Waals surface area contributed by atoms with E-state index in [1.807, 2.05) is 0 Å². The van der Waals surface area contributed by atoms with Gasteiger partial charge in [0.15, 0.2) is 23.0 Å². The molecule has 4 N–H and O–H groups in total. The molecule has 2 aromatic rings. The van der Waals surface area contributed by atoms with Gasteiger partial charge < -0.3 is 30.4 Å². The molecule has 4 rings (SSSR count). The van der Waals surface area contributed by atoms with Crippen LogP contribution < -0.4 is 30.4 Å². The number of rotatable bonds is 3. The van der Waals surface area contributed by atoms with Gasteiger partial charge in [-0.25, -0.2) is 0 Å². The summed E-state index contributed by atoms with van der Waals surface area (Å²) in [5.74, 6) is 0.102. The number of nitrogens with two attached hydrogens (primary N) is 2. The topological polar surface area (TPSA) is 123 Å². The largest absolute Gasteiger partial charge is 0.454 e. The van der Waals surface area contributed by atoms with Crippen molar-refractivity contribution in [2.75, 3.05) is 13.6 Å². The summed E-state index contributed by atoms with van der Waals surface area (Å²) in [4.78, 5) is 23.8. The highest BCUT2D eigenvalue weighted by atomic mass is 16.7. The maximum Gasteiger partial charge on any atom is 0.249 e. The van der Waals surface area contributed by atoms with Gasteiger partial charge >= 0.3 is 0 Å². The lowest BCUT2D eigenvalue weighted by atomic mass is 9.92. The SMILES string of the molecule is NC(=O)c1ccc2c(c1-c1c(C(N)=O)ccc3c1OCO3)OCO2. The minimum Gasteiger partial charge on any atom is -0.454 e. The van der Waals surface area contributed by atoms with Crippen LogP contribution in [0.15, 0.2) is 24.3 Å². The predicted octanol–water partition coefficient (Wildman–Crippen LogP) is 1.01. The first-order chi connectivity index (χ1) is 11.6. The standard InChI is InChI=1S/C16H12N2O6/c17-15(19)7-1-3-9-13(23-5-21-9)11(7)12-8(16(18)20)2-4-10-14(12)24-6-22-10/h1-4H,5-6H2,(H2,17,19)(H2,18,20). The number of carbonyl (C=O) groups excluding carboxylic acids is 2. The molecule has 0 fully saturated rings. The highest BCUT2D eigenvalue weighted by Crippen LogP contribution is 2.51. The van der Waals surface area contributed by atoms with E-state index in [1.54, 1.807) is 12.1 Å². The second-order valence-corrected chi connectivity index (χ2v) is 5.17. The Kier molecular flexibility index (Phi) is 2.99. The Morgan fingerprint density at radius 2 is 1.12 bits per heavy atom. The summed E-state index contributed by atoms with van der Waals surface area (Å²) in [6.07, 6.45) is 0. The highest BCUT2D eigenvalue weighted by Gasteiger charge is 2.32. The number of carbonyl (C=O) groups is 2. The van der Waals surface area contributed by atoms with Crippen molar-refractivity contribution >= 4 is 11.8 Å². The van der Waals surface area contributed by atoms with E-state index in [9.17, 15) is 9.59 Å². The van der Waals surface area contributed by atoms with Crippen LogP contribution in [0.25, 0.3) is 11.1 Å². The van der Waals surface area contributed by atoms with E-state index >= 15 is 0 Å². The number of primary amides is 2. The zero-order valence-corrected chi connectivity index (χ0v) is 12.3. The van der Waals surface area contributed by atoms with Gasteiger partial charge in [-0.05, 0) is 24.3 Å². The molecule has 0 atom stereocenters. The maximum atomic E-state index is 11.9. The molecular formula is C16H12N2O6. The summed E-state index contributed by atoms with van der Waals surface area (Å²) in [6.45, 7) is -0.0222. The predicted molar refractivity (Wildman–Crippen MR) is 81.2 cm³/mol. The van der Waals surface area contributed by atoms with Crippen LogP contribution in [-0.4, -0.2) is 25.4 Å². The zero-order chi connectivity index (χ0) is 16.8. The second-order valence-electron chi connectivity index (χ2n) is 5.17. The van der Waals surface area contributed by atoms with Gasteiger partial charge in [-0.1, -0.05) is 0 Å². The Hall–Kier alpha value is -3.42. The summed E-state index contributed by atoms with van der Waals surface area (Å²) in [7, 11) is 0. The molecule has 2 aliphatic heterocycles. The molecule has 0 spiro atoms. The molecule has 24 heavy (non-hydrogen) atoms. The Morgan fingerprint density at radius 3 is 1.50 bits per heavy atom. The van der Waals surface area contributed by atoms with Gasteiger partial charge in [-0.3, -0.25) is 9.59 Å². The van der Waals surface area contributed by atoms with Crippen molar-refractivity contribution in [3.63, 3.8) is 0 Å². The van der Waals surface area contributed by atoms with Crippen molar-refractivity contribution in [3.05, 3.63) is 35.4 Å². The molecule has 2 heterocycles. The molecule has 8 nitrogen and oxygen atoms in total. The summed E-state index contributed by atoms with van der Waals surface area (Å²) in [5, 5.41) is 0. The van der Waals surface area contributed by atoms with Crippen LogP contribution in [0.5, 0.6) is 23.0 Å². The Morgan fingerprint density at radius 1 is 0.708 bits per heavy atom. The lowest BCUT2D eigenvalue weighted by Crippen LogP contribution is -2.16. The van der Waals surface area contributed by atoms with E-state index in [0.29, 0.717) is 34.1 Å². The number of benzene rings is 2. The Labute approximate surface area is 135 Å². The van der Waals surface area contributed by atoms with Crippen LogP contribution >= 0.6 is 0 Å². The number of hydrogen-bond donors (Lipinski definition) is 2. The zero-order valence-electron chi connectivity index (χ0n) is 12.3. The van der Waals surface area contributed by atoms with E-state index in [0.717, 1.165) is 0 Å². The van der Waals surface area contributed by atoms with Gasteiger partial charge in [0, 0.05) is 11.1 Å². The third kappa shape index (κ3) is 1.93. The molecule has 2 aliphatic rings. The van der Waals surface area contributed by atoms with Crippen molar-refractivity contribution in [1.82, 2.24) is 0 Å². The van der Waals surface area contributed by atoms with Gasteiger partial charge in [-0.15, -0.1) is 0 Å². The van der Waals surface area contributed by atoms with Crippen LogP contribution in [0, 0.1) is 0 Å². The number of ether oxygens (including phenoxy) is 4. The van der Waals surface area contributed by atoms with Crippen molar-refractivity contribution in [1.29, 1.82) is 0 Å². The van der Waals surface area contributed by atoms with Crippen molar-refractivity contribution in [3.8, 4) is 34.1 Å². The molecular weight excluding hydrogens is 316 g/mol. The lowest BCUT2D eigenvalue weighted by molar-refractivity contribution is 0.0990. The molecule has 8 heteroatoms. The molecule has 122 valence electrons. The van der Waals surface area contributed by atoms with E-state index < -0.39 is 11.8 Å². The Bertz CT molecular complexity index is 819. The minimum atomic E-state index is -0.685. The minimum absolute atomic E-state index is 0.0111. The second kappa shape index (κ2) is 5.05. The van der Waals surface area contributed by atoms with Crippen LogP contribution in [0.2, 0.25) is 0 Å². The van der Waals surface area contributed by atoms with E-state index in [2.05, 4.69) is 0 Å². The average Bonchev–Trinajstić information content (AvgIpc) is 3.21. The summed E-state index contributed by atoms with van der Waals surface area (Å²) in [5.41, 5.74) is 11.9. The van der Waals surface area contributed by atoms with Gasteiger partial charge in [0.05, 0.1) is 11.1 Å². The lowest BCUT2D eigenvalue weighted by Gasteiger charge is -2.15. The fraction of sp³-hybridized carbons (Fsp3) is 0.125.